The molecule has 21 heavy (non-hydrogen) atoms. The summed E-state index contributed by atoms with van der Waals surface area (Å²) < 4.78 is 10.5. The Morgan fingerprint density at radius 1 is 1.19 bits per heavy atom. The third-order valence-electron chi connectivity index (χ3n) is 2.31. The number of hydrogen-bond donors (Lipinski definition) is 3. The molecule has 0 saturated heterocycles. The van der Waals surface area contributed by atoms with Gasteiger partial charge in [-0.15, -0.1) is 4.98 Å². The van der Waals surface area contributed by atoms with Crippen molar-refractivity contribution in [3.8, 4) is 17.8 Å². The molecule has 0 unspecified atom stereocenters. The Bertz CT molecular complexity index is 626. The summed E-state index contributed by atoms with van der Waals surface area (Å²) in [5.41, 5.74) is 2.77. The number of nitrogen functional groups attached to an aromatic ring is 1. The summed E-state index contributed by atoms with van der Waals surface area (Å²) in [5.74, 6) is 5.51. The number of anilines is 2. The van der Waals surface area contributed by atoms with Crippen LogP contribution in [-0.2, 0) is 4.79 Å². The van der Waals surface area contributed by atoms with E-state index in [-0.39, 0.29) is 23.9 Å². The monoisotopic (exact) mass is 290 g/mol. The van der Waals surface area contributed by atoms with Gasteiger partial charge >= 0.3 is 12.0 Å². The molecular weight excluding hydrogens is 276 g/mol. The van der Waals surface area contributed by atoms with E-state index in [0.29, 0.717) is 11.4 Å². The average Bonchev–Trinajstić information content (AvgIpc) is 2.48. The third kappa shape index (κ3) is 3.76. The number of nitrogens with two attached hydrogens (primary N) is 1. The first kappa shape index (κ1) is 14.5. The lowest BCUT2D eigenvalue weighted by Crippen LogP contribution is -2.12. The van der Waals surface area contributed by atoms with Gasteiger partial charge < -0.3 is 14.8 Å². The zero-order chi connectivity index (χ0) is 15.2. The lowest BCUT2D eigenvalue weighted by Gasteiger charge is -2.10. The second-order valence-corrected chi connectivity index (χ2v) is 3.85. The summed E-state index contributed by atoms with van der Waals surface area (Å²) in [6.07, 6.45) is 0. The maximum Gasteiger partial charge on any atom is 0.330 e. The number of ether oxygens (including phenoxy) is 2. The van der Waals surface area contributed by atoms with Crippen molar-refractivity contribution < 1.29 is 14.3 Å². The van der Waals surface area contributed by atoms with Gasteiger partial charge in [0.15, 0.2) is 5.75 Å². The van der Waals surface area contributed by atoms with E-state index in [9.17, 15) is 4.79 Å². The number of nitrogens with zero attached hydrogens (tertiary/aromatic N) is 3. The molecule has 110 valence electrons. The van der Waals surface area contributed by atoms with E-state index in [4.69, 9.17) is 15.3 Å². The third-order valence-corrected chi connectivity index (χ3v) is 2.31. The average molecular weight is 290 g/mol. The van der Waals surface area contributed by atoms with Crippen LogP contribution in [0.2, 0.25) is 0 Å². The van der Waals surface area contributed by atoms with Crippen molar-refractivity contribution in [2.24, 2.45) is 5.84 Å². The van der Waals surface area contributed by atoms with E-state index in [1.54, 1.807) is 24.3 Å². The van der Waals surface area contributed by atoms with Gasteiger partial charge in [-0.3, -0.25) is 10.2 Å². The molecule has 0 radical (unpaired) electrons. The highest BCUT2D eigenvalue weighted by molar-refractivity contribution is 5.90. The molecule has 0 fully saturated rings. The maximum absolute atomic E-state index is 11.2. The second kappa shape index (κ2) is 6.48. The lowest BCUT2D eigenvalue weighted by molar-refractivity contribution is -0.114. The highest BCUT2D eigenvalue weighted by Gasteiger charge is 2.11. The predicted octanol–water partition coefficient (Wildman–Crippen LogP) is 0.916. The summed E-state index contributed by atoms with van der Waals surface area (Å²) in [4.78, 5) is 22.9. The molecular formula is C12H14N6O3. The van der Waals surface area contributed by atoms with E-state index >= 15 is 0 Å². The van der Waals surface area contributed by atoms with Crippen molar-refractivity contribution in [1.29, 1.82) is 0 Å². The molecule has 1 heterocycles. The van der Waals surface area contributed by atoms with Gasteiger partial charge in [0, 0.05) is 6.92 Å². The van der Waals surface area contributed by atoms with Crippen molar-refractivity contribution in [2.45, 2.75) is 6.92 Å². The SMILES string of the molecule is COc1nc(NN)nc(Oc2ccccc2NC(C)=O)n1. The van der Waals surface area contributed by atoms with Crippen LogP contribution in [0.25, 0.3) is 0 Å². The summed E-state index contributed by atoms with van der Waals surface area (Å²) in [6.45, 7) is 1.40. The first-order valence-corrected chi connectivity index (χ1v) is 5.93. The van der Waals surface area contributed by atoms with Crippen LogP contribution >= 0.6 is 0 Å². The van der Waals surface area contributed by atoms with Gasteiger partial charge in [-0.1, -0.05) is 12.1 Å². The largest absolute Gasteiger partial charge is 0.467 e. The van der Waals surface area contributed by atoms with Crippen molar-refractivity contribution >= 4 is 17.5 Å². The molecule has 0 bridgehead atoms. The van der Waals surface area contributed by atoms with Crippen molar-refractivity contribution in [2.75, 3.05) is 17.9 Å². The number of para-hydroxylation sites is 2. The number of amides is 1. The molecule has 0 spiro atoms. The van der Waals surface area contributed by atoms with Crippen molar-refractivity contribution in [3.05, 3.63) is 24.3 Å². The Labute approximate surface area is 120 Å². The summed E-state index contributed by atoms with van der Waals surface area (Å²) in [5, 5.41) is 2.64. The van der Waals surface area contributed by atoms with E-state index in [1.165, 1.54) is 14.0 Å². The van der Waals surface area contributed by atoms with E-state index in [1.807, 2.05) is 0 Å². The zero-order valence-electron chi connectivity index (χ0n) is 11.5. The number of hydrogen-bond acceptors (Lipinski definition) is 8. The number of rotatable bonds is 5. The van der Waals surface area contributed by atoms with Gasteiger partial charge in [0.2, 0.25) is 11.9 Å². The highest BCUT2D eigenvalue weighted by atomic mass is 16.5. The Morgan fingerprint density at radius 2 is 1.90 bits per heavy atom. The smallest absolute Gasteiger partial charge is 0.330 e. The molecule has 9 nitrogen and oxygen atoms in total. The van der Waals surface area contributed by atoms with Crippen LogP contribution in [0.3, 0.4) is 0 Å². The minimum atomic E-state index is -0.219. The van der Waals surface area contributed by atoms with Gasteiger partial charge in [-0.2, -0.15) is 9.97 Å². The molecule has 0 aliphatic carbocycles. The first-order chi connectivity index (χ1) is 10.1. The number of nitrogens with one attached hydrogen (secondary N) is 2. The number of methoxy groups -OCH3 is 1. The standard InChI is InChI=1S/C12H14N6O3/c1-7(19)14-8-5-3-4-6-9(8)21-12-16-10(18-13)15-11(17-12)20-2/h3-6H,13H2,1-2H3,(H,14,19)(H,15,16,17,18). The Hall–Kier alpha value is -2.94. The first-order valence-electron chi connectivity index (χ1n) is 5.93. The lowest BCUT2D eigenvalue weighted by atomic mass is 10.3. The number of carbonyl (C=O) groups excluding carboxylic acids is 1. The molecule has 0 aliphatic heterocycles. The minimum absolute atomic E-state index is 0.0207. The van der Waals surface area contributed by atoms with Crippen LogP contribution in [0.1, 0.15) is 6.92 Å². The summed E-state index contributed by atoms with van der Waals surface area (Å²) >= 11 is 0. The number of carbonyl (C=O) groups is 1. The van der Waals surface area contributed by atoms with Gasteiger partial charge in [0.05, 0.1) is 12.8 Å². The minimum Gasteiger partial charge on any atom is -0.467 e. The van der Waals surface area contributed by atoms with Crippen LogP contribution in [0.15, 0.2) is 24.3 Å². The molecule has 0 aliphatic rings. The Morgan fingerprint density at radius 3 is 2.57 bits per heavy atom. The zero-order valence-corrected chi connectivity index (χ0v) is 11.5. The van der Waals surface area contributed by atoms with E-state index in [0.717, 1.165) is 0 Å². The van der Waals surface area contributed by atoms with Gasteiger partial charge in [-0.25, -0.2) is 5.84 Å². The molecule has 2 aromatic rings. The fraction of sp³-hybridized carbons (Fsp3) is 0.167. The van der Waals surface area contributed by atoms with Crippen LogP contribution in [0, 0.1) is 0 Å². The second-order valence-electron chi connectivity index (χ2n) is 3.85. The van der Waals surface area contributed by atoms with Gasteiger partial charge in [0.25, 0.3) is 0 Å². The topological polar surface area (TPSA) is 124 Å². The molecule has 0 saturated carbocycles. The van der Waals surface area contributed by atoms with Gasteiger partial charge in [0.1, 0.15) is 0 Å². The molecule has 2 rings (SSSR count). The highest BCUT2D eigenvalue weighted by Crippen LogP contribution is 2.28. The normalized spacial score (nSPS) is 9.86. The Balaban J connectivity index is 2.31. The van der Waals surface area contributed by atoms with Crippen LogP contribution in [0.4, 0.5) is 11.6 Å². The number of hydrazine groups is 1. The number of aromatic nitrogens is 3. The van der Waals surface area contributed by atoms with Crippen LogP contribution in [-0.4, -0.2) is 28.0 Å². The fourth-order valence-corrected chi connectivity index (χ4v) is 1.49. The molecule has 0 atom stereocenters. The molecule has 1 aromatic carbocycles. The van der Waals surface area contributed by atoms with E-state index in [2.05, 4.69) is 25.7 Å². The van der Waals surface area contributed by atoms with Gasteiger partial charge in [-0.05, 0) is 12.1 Å². The van der Waals surface area contributed by atoms with Crippen LogP contribution in [0.5, 0.6) is 17.8 Å². The molecule has 9 heteroatoms. The molecule has 1 amide bonds. The predicted molar refractivity (Wildman–Crippen MR) is 75.0 cm³/mol. The molecule has 4 N–H and O–H groups in total. The summed E-state index contributed by atoms with van der Waals surface area (Å²) in [6, 6.07) is 6.90. The fourth-order valence-electron chi connectivity index (χ4n) is 1.49. The van der Waals surface area contributed by atoms with Crippen LogP contribution < -0.4 is 26.1 Å². The maximum atomic E-state index is 11.2. The Kier molecular flexibility index (Phi) is 4.46. The molecule has 1 aromatic heterocycles. The van der Waals surface area contributed by atoms with Crippen molar-refractivity contribution in [3.63, 3.8) is 0 Å². The quantitative estimate of drug-likeness (QED) is 0.548. The summed E-state index contributed by atoms with van der Waals surface area (Å²) in [7, 11) is 1.41. The van der Waals surface area contributed by atoms with E-state index < -0.39 is 0 Å². The number of benzene rings is 1. The van der Waals surface area contributed by atoms with Crippen molar-refractivity contribution in [1.82, 2.24) is 15.0 Å².